The van der Waals surface area contributed by atoms with E-state index < -0.39 is 0 Å². The molecule has 0 N–H and O–H groups in total. The van der Waals surface area contributed by atoms with Gasteiger partial charge in [-0.25, -0.2) is 0 Å². The second-order valence-corrected chi connectivity index (χ2v) is 24.1. The first kappa shape index (κ1) is 48.9. The van der Waals surface area contributed by atoms with Crippen LogP contribution in [0.15, 0.2) is 321 Å². The highest BCUT2D eigenvalue weighted by Gasteiger charge is 2.42. The summed E-state index contributed by atoms with van der Waals surface area (Å²) in [6, 6.07) is 120. The van der Waals surface area contributed by atoms with Crippen molar-refractivity contribution in [1.29, 1.82) is 0 Å². The molecule has 17 aromatic rings. The summed E-state index contributed by atoms with van der Waals surface area (Å²) in [5.41, 5.74) is 19.5. The molecule has 17 aromatic carbocycles. The fraction of sp³-hybridized carbons (Fsp3) is 0. The maximum Gasteiger partial charge on any atom is -0.000114 e. The zero-order valence-electron chi connectivity index (χ0n) is 48.0. The molecule has 0 bridgehead atoms. The van der Waals surface area contributed by atoms with Gasteiger partial charge in [0.05, 0.1) is 0 Å². The Balaban J connectivity index is 1.02. The molecule has 0 aromatic heterocycles. The number of benzene rings is 17. The molecule has 88 heavy (non-hydrogen) atoms. The van der Waals surface area contributed by atoms with Crippen molar-refractivity contribution < 1.29 is 0 Å². The van der Waals surface area contributed by atoms with Gasteiger partial charge in [-0.2, -0.15) is 0 Å². The smallest absolute Gasteiger partial charge is 0.000114 e. The Morgan fingerprint density at radius 3 is 0.750 bits per heavy atom. The van der Waals surface area contributed by atoms with Crippen LogP contribution in [0.1, 0.15) is 33.4 Å². The summed E-state index contributed by atoms with van der Waals surface area (Å²) in [6.07, 6.45) is 0. The molecule has 0 atom stereocenters. The number of hydrogen-bond acceptors (Lipinski definition) is 0. The fourth-order valence-corrected chi connectivity index (χ4v) is 15.4. The first-order valence-electron chi connectivity index (χ1n) is 30.7. The standard InChI is InChI=1S/C88H52/c1-7-23-67-53(15-1)21-13-29-73(67)85-81-51-79(63-43-39-59-35-31-55-17-3-9-25-69(55)75(59)47-63)80(64-44-40-60-36-32-56-18-4-10-26-70(56)76(60)48-64)52-82(81)87-86(74-30-14-22-54-16-2-8-24-68(54)74)83(65-45-41-61-37-33-57-19-5-11-27-71(57)77(61)49-65)84(88(85)87)66-46-42-62-38-34-58-20-6-12-28-72(58)78(62)50-66/h1-52H. The van der Waals surface area contributed by atoms with Crippen molar-refractivity contribution in [2.45, 2.75) is 0 Å². The summed E-state index contributed by atoms with van der Waals surface area (Å²) in [4.78, 5) is 0. The van der Waals surface area contributed by atoms with Crippen LogP contribution in [0.2, 0.25) is 0 Å². The average molecular weight is 1110 g/mol. The molecule has 2 aliphatic rings. The number of allylic oxidation sites excluding steroid dienone is 5. The van der Waals surface area contributed by atoms with Crippen LogP contribution < -0.4 is 0 Å². The molecule has 0 fully saturated rings. The lowest BCUT2D eigenvalue weighted by atomic mass is 9.82. The van der Waals surface area contributed by atoms with Gasteiger partial charge in [-0.15, -0.1) is 0 Å². The molecular weight excluding hydrogens is 1060 g/mol. The summed E-state index contributed by atoms with van der Waals surface area (Å²) in [5.74, 6) is 0. The summed E-state index contributed by atoms with van der Waals surface area (Å²) in [7, 11) is 0. The molecular formula is C88H52. The van der Waals surface area contributed by atoms with Gasteiger partial charge < -0.3 is 0 Å². The van der Waals surface area contributed by atoms with Gasteiger partial charge in [-0.3, -0.25) is 0 Å². The molecule has 0 saturated heterocycles. The molecule has 0 unspecified atom stereocenters. The lowest BCUT2D eigenvalue weighted by Gasteiger charge is -2.21. The Hall–Kier alpha value is -11.4. The van der Waals surface area contributed by atoms with Gasteiger partial charge in [-0.1, -0.05) is 279 Å². The molecule has 0 amide bonds. The monoisotopic (exact) mass is 1110 g/mol. The van der Waals surface area contributed by atoms with E-state index in [2.05, 4.69) is 315 Å². The maximum absolute atomic E-state index is 2.60. The predicted molar refractivity (Wildman–Crippen MR) is 378 cm³/mol. The fourth-order valence-electron chi connectivity index (χ4n) is 15.4. The summed E-state index contributed by atoms with van der Waals surface area (Å²) >= 11 is 0. The highest BCUT2D eigenvalue weighted by atomic mass is 14.4. The Bertz CT molecular complexity index is 6030. The van der Waals surface area contributed by atoms with Crippen molar-refractivity contribution in [3.05, 3.63) is 354 Å². The number of fused-ring (bicyclic) bond motifs is 17. The second kappa shape index (κ2) is 19.0. The van der Waals surface area contributed by atoms with Crippen LogP contribution in [0.25, 0.3) is 158 Å². The van der Waals surface area contributed by atoms with E-state index in [4.69, 9.17) is 0 Å². The van der Waals surface area contributed by atoms with Crippen molar-refractivity contribution in [1.82, 2.24) is 0 Å². The largest absolute Gasteiger partial charge is 0.0616 e. The molecule has 0 heterocycles. The molecule has 0 spiro atoms. The minimum atomic E-state index is 1.18. The zero-order chi connectivity index (χ0) is 57.6. The van der Waals surface area contributed by atoms with Gasteiger partial charge in [0, 0.05) is 0 Å². The minimum absolute atomic E-state index is 1.18. The van der Waals surface area contributed by atoms with E-state index >= 15 is 0 Å². The minimum Gasteiger partial charge on any atom is -0.0616 e. The molecule has 0 saturated carbocycles. The van der Waals surface area contributed by atoms with Gasteiger partial charge in [0.1, 0.15) is 0 Å². The predicted octanol–water partition coefficient (Wildman–Crippen LogP) is 23.9. The Morgan fingerprint density at radius 1 is 0.114 bits per heavy atom. The van der Waals surface area contributed by atoms with Crippen LogP contribution in [0, 0.1) is 0 Å². The Kier molecular flexibility index (Phi) is 10.6. The van der Waals surface area contributed by atoms with Crippen LogP contribution in [0.3, 0.4) is 0 Å². The molecule has 0 heteroatoms. The Morgan fingerprint density at radius 2 is 0.364 bits per heavy atom. The maximum atomic E-state index is 2.60. The Labute approximate surface area is 509 Å². The van der Waals surface area contributed by atoms with E-state index in [9.17, 15) is 0 Å². The van der Waals surface area contributed by atoms with Crippen molar-refractivity contribution in [3.63, 3.8) is 0 Å². The molecule has 2 aliphatic carbocycles. The van der Waals surface area contributed by atoms with Crippen LogP contribution >= 0.6 is 0 Å². The SMILES string of the molecule is c1ccc2c(C3=C4C(=C(c5cccc6ccccc56)c5cc(-c6ccc7ccc8ccccc8c7c6)c(-c6ccc7ccc8ccccc8c7c6)cc54)C(c4ccc5ccc6ccccc6c5c4)=C3c3ccc4ccc5ccccc5c4c3)cccc2c1. The highest BCUT2D eigenvalue weighted by Crippen LogP contribution is 2.64. The summed E-state index contributed by atoms with van der Waals surface area (Å²) in [6.45, 7) is 0. The quantitative estimate of drug-likeness (QED) is 0.146. The van der Waals surface area contributed by atoms with Crippen LogP contribution in [-0.4, -0.2) is 0 Å². The third-order valence-corrected chi connectivity index (χ3v) is 19.5. The van der Waals surface area contributed by atoms with Crippen LogP contribution in [0.5, 0.6) is 0 Å². The van der Waals surface area contributed by atoms with E-state index in [0.717, 1.165) is 0 Å². The zero-order valence-corrected chi connectivity index (χ0v) is 48.0. The van der Waals surface area contributed by atoms with E-state index in [1.807, 2.05) is 0 Å². The van der Waals surface area contributed by atoms with Gasteiger partial charge in [-0.05, 0) is 233 Å². The van der Waals surface area contributed by atoms with Crippen molar-refractivity contribution in [3.8, 4) is 22.3 Å². The van der Waals surface area contributed by atoms with Crippen molar-refractivity contribution in [2.24, 2.45) is 0 Å². The third-order valence-electron chi connectivity index (χ3n) is 19.5. The molecule has 0 aliphatic heterocycles. The van der Waals surface area contributed by atoms with E-state index in [1.165, 1.54) is 197 Å². The normalized spacial score (nSPS) is 13.3. The first-order valence-corrected chi connectivity index (χ1v) is 30.7. The van der Waals surface area contributed by atoms with Gasteiger partial charge in [0.15, 0.2) is 0 Å². The topological polar surface area (TPSA) is 0 Å². The molecule has 19 rings (SSSR count). The number of rotatable bonds is 6. The van der Waals surface area contributed by atoms with Crippen molar-refractivity contribution in [2.75, 3.05) is 0 Å². The molecule has 404 valence electrons. The van der Waals surface area contributed by atoms with E-state index in [-0.39, 0.29) is 0 Å². The van der Waals surface area contributed by atoms with Crippen LogP contribution in [0.4, 0.5) is 0 Å². The van der Waals surface area contributed by atoms with Gasteiger partial charge >= 0.3 is 0 Å². The summed E-state index contributed by atoms with van der Waals surface area (Å²) in [5, 5.41) is 24.7. The van der Waals surface area contributed by atoms with Crippen LogP contribution in [-0.2, 0) is 0 Å². The lowest BCUT2D eigenvalue weighted by molar-refractivity contribution is 1.54. The first-order chi connectivity index (χ1) is 43.6. The summed E-state index contributed by atoms with van der Waals surface area (Å²) < 4.78 is 0. The van der Waals surface area contributed by atoms with E-state index in [0.29, 0.717) is 0 Å². The van der Waals surface area contributed by atoms with Gasteiger partial charge in [0.25, 0.3) is 0 Å². The number of hydrogen-bond donors (Lipinski definition) is 0. The molecule has 0 nitrogen and oxygen atoms in total. The van der Waals surface area contributed by atoms with Gasteiger partial charge in [0.2, 0.25) is 0 Å². The van der Waals surface area contributed by atoms with Crippen molar-refractivity contribution >= 4 is 136 Å². The average Bonchev–Trinajstić information content (AvgIpc) is 1.53. The third kappa shape index (κ3) is 7.33. The highest BCUT2D eigenvalue weighted by molar-refractivity contribution is 6.41. The lowest BCUT2D eigenvalue weighted by Crippen LogP contribution is -1.98. The van der Waals surface area contributed by atoms with E-state index in [1.54, 1.807) is 0 Å². The molecule has 0 radical (unpaired) electrons. The second-order valence-electron chi connectivity index (χ2n) is 24.1.